The highest BCUT2D eigenvalue weighted by Crippen LogP contribution is 2.58. The van der Waals surface area contributed by atoms with Crippen molar-refractivity contribution < 1.29 is 14.6 Å². The highest BCUT2D eigenvalue weighted by Gasteiger charge is 2.65. The van der Waals surface area contributed by atoms with Crippen LogP contribution in [0.15, 0.2) is 30.6 Å². The lowest BCUT2D eigenvalue weighted by Gasteiger charge is -2.62. The minimum Gasteiger partial charge on any atom is -0.497 e. The van der Waals surface area contributed by atoms with Crippen molar-refractivity contribution in [2.24, 2.45) is 5.92 Å². The van der Waals surface area contributed by atoms with Crippen LogP contribution >= 0.6 is 0 Å². The molecule has 4 aliphatic rings. The third-order valence-corrected chi connectivity index (χ3v) is 9.64. The molecule has 2 bridgehead atoms. The molecular formula is C29H40N4O3. The zero-order chi connectivity index (χ0) is 25.3. The molecule has 2 aliphatic heterocycles. The molecule has 1 aromatic heterocycles. The summed E-state index contributed by atoms with van der Waals surface area (Å²) in [6, 6.07) is 6.51. The Morgan fingerprint density at radius 3 is 2.69 bits per heavy atom. The number of benzene rings is 1. The molecule has 3 atom stereocenters. The lowest BCUT2D eigenvalue weighted by atomic mass is 9.51. The molecule has 0 spiro atoms. The predicted molar refractivity (Wildman–Crippen MR) is 138 cm³/mol. The number of nitrogens with zero attached hydrogens (tertiary/aromatic N) is 4. The van der Waals surface area contributed by atoms with Crippen molar-refractivity contribution in [1.29, 1.82) is 0 Å². The van der Waals surface area contributed by atoms with Crippen LogP contribution in [0, 0.1) is 12.8 Å². The van der Waals surface area contributed by atoms with Gasteiger partial charge in [0.1, 0.15) is 12.3 Å². The first-order valence-corrected chi connectivity index (χ1v) is 13.6. The summed E-state index contributed by atoms with van der Waals surface area (Å²) in [7, 11) is 1.71. The topological polar surface area (TPSA) is 70.8 Å². The molecule has 3 fully saturated rings. The molecule has 36 heavy (non-hydrogen) atoms. The van der Waals surface area contributed by atoms with E-state index in [2.05, 4.69) is 42.0 Å². The molecule has 194 valence electrons. The number of rotatable bonds is 5. The van der Waals surface area contributed by atoms with Gasteiger partial charge in [0.25, 0.3) is 0 Å². The van der Waals surface area contributed by atoms with Gasteiger partial charge in [0.05, 0.1) is 18.9 Å². The van der Waals surface area contributed by atoms with E-state index in [4.69, 9.17) is 4.74 Å². The smallest absolute Gasteiger partial charge is 0.244 e. The second-order valence-electron chi connectivity index (χ2n) is 12.4. The van der Waals surface area contributed by atoms with E-state index in [1.165, 1.54) is 24.0 Å². The van der Waals surface area contributed by atoms with Crippen LogP contribution in [0.4, 0.5) is 0 Å². The van der Waals surface area contributed by atoms with Gasteiger partial charge in [-0.25, -0.2) is 0 Å². The van der Waals surface area contributed by atoms with E-state index in [1.54, 1.807) is 18.0 Å². The van der Waals surface area contributed by atoms with Gasteiger partial charge in [-0.05, 0) is 94.2 Å². The van der Waals surface area contributed by atoms with Crippen LogP contribution in [0.25, 0.3) is 0 Å². The van der Waals surface area contributed by atoms with Gasteiger partial charge in [0, 0.05) is 42.7 Å². The van der Waals surface area contributed by atoms with E-state index < -0.39 is 16.6 Å². The summed E-state index contributed by atoms with van der Waals surface area (Å²) >= 11 is 0. The second-order valence-corrected chi connectivity index (χ2v) is 12.4. The maximum atomic E-state index is 13.7. The summed E-state index contributed by atoms with van der Waals surface area (Å²) in [6.45, 7) is 9.20. The first-order chi connectivity index (χ1) is 17.1. The molecule has 3 unspecified atom stereocenters. The number of carbonyl (C=O) groups is 1. The number of aryl methyl sites for hydroxylation is 1. The van der Waals surface area contributed by atoms with Crippen LogP contribution in [0.3, 0.4) is 0 Å². The Hall–Kier alpha value is -2.38. The number of piperidine rings is 1. The predicted octanol–water partition coefficient (Wildman–Crippen LogP) is 3.31. The van der Waals surface area contributed by atoms with Crippen molar-refractivity contribution in [1.82, 2.24) is 19.6 Å². The van der Waals surface area contributed by atoms with E-state index >= 15 is 0 Å². The first kappa shape index (κ1) is 24.0. The molecule has 0 radical (unpaired) electrons. The van der Waals surface area contributed by atoms with Crippen LogP contribution in [0.5, 0.6) is 5.75 Å². The van der Waals surface area contributed by atoms with Crippen molar-refractivity contribution in [3.8, 4) is 5.75 Å². The molecule has 6 rings (SSSR count). The molecule has 3 heterocycles. The minimum atomic E-state index is -0.916. The van der Waals surface area contributed by atoms with Gasteiger partial charge in [-0.3, -0.25) is 14.4 Å². The Bertz CT molecular complexity index is 1170. The van der Waals surface area contributed by atoms with Crippen LogP contribution in [-0.4, -0.2) is 74.5 Å². The number of amides is 1. The van der Waals surface area contributed by atoms with Crippen molar-refractivity contribution in [3.63, 3.8) is 0 Å². The SMILES string of the molecule is COc1ccc2c(c1)C13CCN(CC4CC4)C(C2)C1(O)CC(C)(C)N(C(=O)Cn1cc(C)cn1)CC3. The summed E-state index contributed by atoms with van der Waals surface area (Å²) in [5, 5.41) is 17.3. The minimum absolute atomic E-state index is 0.0656. The molecule has 1 N–H and O–H groups in total. The molecule has 1 amide bonds. The molecule has 7 nitrogen and oxygen atoms in total. The fourth-order valence-electron chi connectivity index (χ4n) is 7.72. The van der Waals surface area contributed by atoms with Crippen LogP contribution in [-0.2, 0) is 23.2 Å². The Balaban J connectivity index is 1.41. The summed E-state index contributed by atoms with van der Waals surface area (Å²) in [6.07, 6.45) is 9.39. The van der Waals surface area contributed by atoms with Gasteiger partial charge < -0.3 is 14.7 Å². The highest BCUT2D eigenvalue weighted by molar-refractivity contribution is 5.77. The molecule has 1 aromatic carbocycles. The van der Waals surface area contributed by atoms with Gasteiger partial charge in [0.15, 0.2) is 0 Å². The lowest BCUT2D eigenvalue weighted by molar-refractivity contribution is -0.160. The molecule has 1 saturated carbocycles. The number of likely N-dealkylation sites (tertiary alicyclic amines) is 2. The maximum Gasteiger partial charge on any atom is 0.244 e. The summed E-state index contributed by atoms with van der Waals surface area (Å²) in [5.41, 5.74) is 1.82. The average Bonchev–Trinajstić information content (AvgIpc) is 3.56. The summed E-state index contributed by atoms with van der Waals surface area (Å²) in [5.74, 6) is 1.68. The first-order valence-electron chi connectivity index (χ1n) is 13.6. The highest BCUT2D eigenvalue weighted by atomic mass is 16.5. The standard InChI is InChI=1S/C29H40N4O3/c1-20-15-30-32(16-20)18-26(34)33-12-10-28-9-11-31(17-21-5-6-21)25(29(28,35)19-27(33,2)3)13-22-7-8-23(36-4)14-24(22)28/h7-8,14-16,21,25,35H,5-6,9-13,17-19H2,1-4H3. The normalized spacial score (nSPS) is 31.4. The maximum absolute atomic E-state index is 13.7. The van der Waals surface area contributed by atoms with Gasteiger partial charge in [-0.15, -0.1) is 0 Å². The fourth-order valence-corrected chi connectivity index (χ4v) is 7.72. The monoisotopic (exact) mass is 492 g/mol. The van der Waals surface area contributed by atoms with E-state index in [0.717, 1.165) is 49.6 Å². The van der Waals surface area contributed by atoms with Crippen LogP contribution in [0.2, 0.25) is 0 Å². The number of methoxy groups -OCH3 is 1. The molecule has 7 heteroatoms. The fraction of sp³-hybridized carbons (Fsp3) is 0.655. The average molecular weight is 493 g/mol. The quantitative estimate of drug-likeness (QED) is 0.694. The number of ether oxygens (including phenoxy) is 1. The lowest BCUT2D eigenvalue weighted by Crippen LogP contribution is -2.72. The van der Waals surface area contributed by atoms with Crippen LogP contribution in [0.1, 0.15) is 62.6 Å². The van der Waals surface area contributed by atoms with Gasteiger partial charge in [-0.1, -0.05) is 6.07 Å². The van der Waals surface area contributed by atoms with Crippen molar-refractivity contribution in [2.45, 2.75) is 88.4 Å². The van der Waals surface area contributed by atoms with E-state index in [9.17, 15) is 9.90 Å². The number of hydrogen-bond donors (Lipinski definition) is 1. The number of carbonyl (C=O) groups excluding carboxylic acids is 1. The van der Waals surface area contributed by atoms with E-state index in [0.29, 0.717) is 13.0 Å². The van der Waals surface area contributed by atoms with Crippen LogP contribution < -0.4 is 4.74 Å². The number of aromatic nitrogens is 2. The number of fused-ring (bicyclic) bond motifs is 1. The zero-order valence-electron chi connectivity index (χ0n) is 22.2. The number of hydrogen-bond acceptors (Lipinski definition) is 5. The zero-order valence-corrected chi connectivity index (χ0v) is 22.2. The Labute approximate surface area is 214 Å². The summed E-state index contributed by atoms with van der Waals surface area (Å²) < 4.78 is 7.37. The Morgan fingerprint density at radius 2 is 2.00 bits per heavy atom. The second kappa shape index (κ2) is 8.32. The van der Waals surface area contributed by atoms with Crippen molar-refractivity contribution >= 4 is 5.91 Å². The Morgan fingerprint density at radius 1 is 1.22 bits per heavy atom. The van der Waals surface area contributed by atoms with E-state index in [1.807, 2.05) is 18.0 Å². The van der Waals surface area contributed by atoms with Gasteiger partial charge >= 0.3 is 0 Å². The van der Waals surface area contributed by atoms with E-state index in [-0.39, 0.29) is 18.5 Å². The Kier molecular flexibility index (Phi) is 5.54. The molecule has 2 aliphatic carbocycles. The molecule has 2 saturated heterocycles. The third-order valence-electron chi connectivity index (χ3n) is 9.64. The summed E-state index contributed by atoms with van der Waals surface area (Å²) in [4.78, 5) is 18.3. The largest absolute Gasteiger partial charge is 0.497 e. The number of aliphatic hydroxyl groups is 1. The van der Waals surface area contributed by atoms with Crippen molar-refractivity contribution in [2.75, 3.05) is 26.7 Å². The molecule has 2 aromatic rings. The van der Waals surface area contributed by atoms with Gasteiger partial charge in [0.2, 0.25) is 5.91 Å². The van der Waals surface area contributed by atoms with Gasteiger partial charge in [-0.2, -0.15) is 5.10 Å². The third kappa shape index (κ3) is 3.69. The van der Waals surface area contributed by atoms with Crippen molar-refractivity contribution in [3.05, 3.63) is 47.3 Å². The molecular weight excluding hydrogens is 452 g/mol.